The van der Waals surface area contributed by atoms with Gasteiger partial charge in [0.25, 0.3) is 0 Å². The molecular weight excluding hydrogens is 208 g/mol. The average molecular weight is 229 g/mol. The Balaban J connectivity index is 2.06. The SMILES string of the molecule is NCC1(C2CC=CCC2)CCC(F)(F)CC1. The van der Waals surface area contributed by atoms with E-state index in [1.165, 1.54) is 0 Å². The van der Waals surface area contributed by atoms with Crippen LogP contribution in [0.2, 0.25) is 0 Å². The Bertz CT molecular complexity index is 263. The second-order valence-corrected chi connectivity index (χ2v) is 5.40. The maximum Gasteiger partial charge on any atom is 0.248 e. The van der Waals surface area contributed by atoms with Crippen molar-refractivity contribution in [1.29, 1.82) is 0 Å². The minimum Gasteiger partial charge on any atom is -0.330 e. The first-order valence-electron chi connectivity index (χ1n) is 6.31. The summed E-state index contributed by atoms with van der Waals surface area (Å²) >= 11 is 0. The Morgan fingerprint density at radius 2 is 1.81 bits per heavy atom. The Kier molecular flexibility index (Phi) is 3.34. The molecule has 1 atom stereocenters. The standard InChI is InChI=1S/C13H21F2N/c14-13(15)8-6-12(10-16,7-9-13)11-4-2-1-3-5-11/h1-2,11H,3-10,16H2. The molecule has 2 aliphatic rings. The summed E-state index contributed by atoms with van der Waals surface area (Å²) in [5.74, 6) is -1.91. The summed E-state index contributed by atoms with van der Waals surface area (Å²) in [7, 11) is 0. The lowest BCUT2D eigenvalue weighted by molar-refractivity contribution is -0.0796. The third-order valence-corrected chi connectivity index (χ3v) is 4.52. The van der Waals surface area contributed by atoms with E-state index in [0.717, 1.165) is 19.3 Å². The van der Waals surface area contributed by atoms with E-state index in [1.54, 1.807) is 0 Å². The second kappa shape index (κ2) is 4.44. The van der Waals surface area contributed by atoms with Gasteiger partial charge in [-0.2, -0.15) is 0 Å². The molecule has 16 heavy (non-hydrogen) atoms. The third-order valence-electron chi connectivity index (χ3n) is 4.52. The van der Waals surface area contributed by atoms with Crippen molar-refractivity contribution in [2.75, 3.05) is 6.54 Å². The second-order valence-electron chi connectivity index (χ2n) is 5.40. The zero-order valence-electron chi connectivity index (χ0n) is 9.72. The Hall–Kier alpha value is -0.440. The largest absolute Gasteiger partial charge is 0.330 e. The first kappa shape index (κ1) is 12.0. The number of nitrogens with two attached hydrogens (primary N) is 1. The summed E-state index contributed by atoms with van der Waals surface area (Å²) in [5.41, 5.74) is 5.88. The first-order chi connectivity index (χ1) is 7.58. The van der Waals surface area contributed by atoms with Gasteiger partial charge in [0.05, 0.1) is 0 Å². The molecule has 0 aromatic heterocycles. The molecule has 2 rings (SSSR count). The molecule has 0 aliphatic heterocycles. The van der Waals surface area contributed by atoms with E-state index in [-0.39, 0.29) is 18.3 Å². The van der Waals surface area contributed by atoms with Crippen molar-refractivity contribution in [1.82, 2.24) is 0 Å². The molecule has 92 valence electrons. The van der Waals surface area contributed by atoms with E-state index in [9.17, 15) is 8.78 Å². The van der Waals surface area contributed by atoms with Gasteiger partial charge in [0.15, 0.2) is 0 Å². The van der Waals surface area contributed by atoms with Crippen molar-refractivity contribution < 1.29 is 8.78 Å². The summed E-state index contributed by atoms with van der Waals surface area (Å²) in [5, 5.41) is 0. The predicted octanol–water partition coefficient (Wildman–Crippen LogP) is 3.50. The lowest BCUT2D eigenvalue weighted by Gasteiger charge is -2.45. The Morgan fingerprint density at radius 1 is 1.12 bits per heavy atom. The van der Waals surface area contributed by atoms with Gasteiger partial charge in [-0.25, -0.2) is 8.78 Å². The van der Waals surface area contributed by atoms with Crippen molar-refractivity contribution in [3.05, 3.63) is 12.2 Å². The van der Waals surface area contributed by atoms with E-state index in [1.807, 2.05) is 0 Å². The molecule has 0 radical (unpaired) electrons. The minimum absolute atomic E-state index is 0.00750. The van der Waals surface area contributed by atoms with Crippen molar-refractivity contribution in [3.63, 3.8) is 0 Å². The zero-order chi connectivity index (χ0) is 11.6. The summed E-state index contributed by atoms with van der Waals surface area (Å²) < 4.78 is 26.4. The van der Waals surface area contributed by atoms with Crippen LogP contribution in [0.15, 0.2) is 12.2 Å². The monoisotopic (exact) mass is 229 g/mol. The van der Waals surface area contributed by atoms with Crippen LogP contribution in [0.5, 0.6) is 0 Å². The number of hydrogen-bond acceptors (Lipinski definition) is 1. The van der Waals surface area contributed by atoms with Gasteiger partial charge >= 0.3 is 0 Å². The molecule has 1 unspecified atom stereocenters. The smallest absolute Gasteiger partial charge is 0.248 e. The highest BCUT2D eigenvalue weighted by atomic mass is 19.3. The average Bonchev–Trinajstić information content (AvgIpc) is 2.31. The van der Waals surface area contributed by atoms with Gasteiger partial charge in [-0.05, 0) is 50.0 Å². The number of halogens is 2. The van der Waals surface area contributed by atoms with E-state index < -0.39 is 5.92 Å². The molecule has 2 N–H and O–H groups in total. The van der Waals surface area contributed by atoms with Crippen LogP contribution in [0.1, 0.15) is 44.9 Å². The van der Waals surface area contributed by atoms with Gasteiger partial charge in [-0.3, -0.25) is 0 Å². The number of allylic oxidation sites excluding steroid dienone is 2. The van der Waals surface area contributed by atoms with Gasteiger partial charge in [0.2, 0.25) is 5.92 Å². The van der Waals surface area contributed by atoms with Crippen LogP contribution in [0.25, 0.3) is 0 Å². The lowest BCUT2D eigenvalue weighted by Crippen LogP contribution is -2.44. The van der Waals surface area contributed by atoms with Crippen molar-refractivity contribution in [2.24, 2.45) is 17.1 Å². The van der Waals surface area contributed by atoms with Crippen LogP contribution in [-0.2, 0) is 0 Å². The summed E-state index contributed by atoms with van der Waals surface area (Å²) in [6.07, 6.45) is 8.90. The predicted molar refractivity (Wildman–Crippen MR) is 61.4 cm³/mol. The van der Waals surface area contributed by atoms with Crippen LogP contribution in [0.3, 0.4) is 0 Å². The highest BCUT2D eigenvalue weighted by Crippen LogP contribution is 2.50. The highest BCUT2D eigenvalue weighted by Gasteiger charge is 2.46. The number of hydrogen-bond donors (Lipinski definition) is 1. The van der Waals surface area contributed by atoms with Crippen LogP contribution in [0.4, 0.5) is 8.78 Å². The van der Waals surface area contributed by atoms with Gasteiger partial charge in [-0.15, -0.1) is 0 Å². The molecule has 0 aromatic carbocycles. The van der Waals surface area contributed by atoms with Gasteiger partial charge in [0.1, 0.15) is 0 Å². The summed E-state index contributed by atoms with van der Waals surface area (Å²) in [4.78, 5) is 0. The van der Waals surface area contributed by atoms with E-state index in [2.05, 4.69) is 12.2 Å². The van der Waals surface area contributed by atoms with E-state index >= 15 is 0 Å². The molecular formula is C13H21F2N. The van der Waals surface area contributed by atoms with Gasteiger partial charge in [0, 0.05) is 12.8 Å². The maximum absolute atomic E-state index is 13.2. The molecule has 3 heteroatoms. The lowest BCUT2D eigenvalue weighted by atomic mass is 9.62. The fraction of sp³-hybridized carbons (Fsp3) is 0.846. The van der Waals surface area contributed by atoms with Crippen LogP contribution in [0, 0.1) is 11.3 Å². The topological polar surface area (TPSA) is 26.0 Å². The number of rotatable bonds is 2. The van der Waals surface area contributed by atoms with Crippen LogP contribution >= 0.6 is 0 Å². The fourth-order valence-electron chi connectivity index (χ4n) is 3.24. The molecule has 1 saturated carbocycles. The maximum atomic E-state index is 13.2. The molecule has 0 amide bonds. The third kappa shape index (κ3) is 2.29. The molecule has 0 bridgehead atoms. The molecule has 0 heterocycles. The molecule has 0 spiro atoms. The van der Waals surface area contributed by atoms with Crippen LogP contribution < -0.4 is 5.73 Å². The highest BCUT2D eigenvalue weighted by molar-refractivity contribution is 5.00. The van der Waals surface area contributed by atoms with Crippen molar-refractivity contribution in [3.8, 4) is 0 Å². The number of alkyl halides is 2. The van der Waals surface area contributed by atoms with Crippen molar-refractivity contribution in [2.45, 2.75) is 50.9 Å². The molecule has 2 aliphatic carbocycles. The minimum atomic E-state index is -2.44. The fourth-order valence-corrected chi connectivity index (χ4v) is 3.24. The normalized spacial score (nSPS) is 32.6. The van der Waals surface area contributed by atoms with E-state index in [0.29, 0.717) is 25.3 Å². The Labute approximate surface area is 96.1 Å². The van der Waals surface area contributed by atoms with Gasteiger partial charge in [-0.1, -0.05) is 12.2 Å². The first-order valence-corrected chi connectivity index (χ1v) is 6.31. The molecule has 1 fully saturated rings. The molecule has 0 saturated heterocycles. The quantitative estimate of drug-likeness (QED) is 0.721. The van der Waals surface area contributed by atoms with Gasteiger partial charge < -0.3 is 5.73 Å². The zero-order valence-corrected chi connectivity index (χ0v) is 9.72. The Morgan fingerprint density at radius 3 is 2.31 bits per heavy atom. The molecule has 0 aromatic rings. The van der Waals surface area contributed by atoms with Crippen molar-refractivity contribution >= 4 is 0 Å². The van der Waals surface area contributed by atoms with E-state index in [4.69, 9.17) is 5.73 Å². The summed E-state index contributed by atoms with van der Waals surface area (Å²) in [6, 6.07) is 0. The summed E-state index contributed by atoms with van der Waals surface area (Å²) in [6.45, 7) is 0.571. The van der Waals surface area contributed by atoms with Crippen LogP contribution in [-0.4, -0.2) is 12.5 Å². The molecule has 1 nitrogen and oxygen atoms in total.